The average molecular weight is 281 g/mol. The molecule has 0 atom stereocenters. The molecule has 0 aromatic heterocycles. The minimum atomic E-state index is 0.865. The second kappa shape index (κ2) is 3.89. The van der Waals surface area contributed by atoms with Crippen LogP contribution in [0.2, 0.25) is 0 Å². The van der Waals surface area contributed by atoms with Crippen LogP contribution in [0.1, 0.15) is 5.56 Å². The van der Waals surface area contributed by atoms with Crippen molar-refractivity contribution in [1.29, 1.82) is 0 Å². The Morgan fingerprint density at radius 2 is 1.23 bits per heavy atom. The normalized spacial score (nSPS) is 12.0. The highest BCUT2D eigenvalue weighted by molar-refractivity contribution is 6.34. The van der Waals surface area contributed by atoms with Crippen molar-refractivity contribution >= 4 is 48.8 Å². The van der Waals surface area contributed by atoms with Crippen LogP contribution in [0, 0.1) is 6.92 Å². The highest BCUT2D eigenvalue weighted by Crippen LogP contribution is 2.42. The molecule has 0 unspecified atom stereocenters. The summed E-state index contributed by atoms with van der Waals surface area (Å²) in [4.78, 5) is 0. The van der Waals surface area contributed by atoms with Crippen LogP contribution in [0.5, 0.6) is 0 Å². The van der Waals surface area contributed by atoms with Crippen LogP contribution in [-0.2, 0) is 0 Å². The van der Waals surface area contributed by atoms with Gasteiger partial charge in [0.1, 0.15) is 0 Å². The molecule has 5 rings (SSSR count). The van der Waals surface area contributed by atoms with E-state index in [9.17, 15) is 0 Å². The van der Waals surface area contributed by atoms with Gasteiger partial charge in [-0.1, -0.05) is 54.6 Å². The third-order valence-electron chi connectivity index (χ3n) is 4.86. The quantitative estimate of drug-likeness (QED) is 0.222. The number of hydrogen-bond acceptors (Lipinski definition) is 1. The number of nitrogens with two attached hydrogens (primary N) is 1. The number of hydrogen-bond donors (Lipinski definition) is 1. The number of rotatable bonds is 0. The van der Waals surface area contributed by atoms with Crippen molar-refractivity contribution < 1.29 is 0 Å². The molecular formula is C21H15N. The summed E-state index contributed by atoms with van der Waals surface area (Å²) < 4.78 is 0. The van der Waals surface area contributed by atoms with Gasteiger partial charge >= 0.3 is 0 Å². The van der Waals surface area contributed by atoms with Crippen LogP contribution in [-0.4, -0.2) is 0 Å². The SMILES string of the molecule is Cc1cc(N)c2cccc3c4cccc5cccc(c1c23)c54. The number of nitrogen functional groups attached to an aromatic ring is 1. The fourth-order valence-corrected chi connectivity index (χ4v) is 3.99. The summed E-state index contributed by atoms with van der Waals surface area (Å²) in [5.41, 5.74) is 8.41. The van der Waals surface area contributed by atoms with Gasteiger partial charge in [0.2, 0.25) is 0 Å². The van der Waals surface area contributed by atoms with Crippen molar-refractivity contribution in [3.8, 4) is 0 Å². The zero-order valence-corrected chi connectivity index (χ0v) is 12.4. The van der Waals surface area contributed by atoms with Gasteiger partial charge < -0.3 is 5.73 Å². The van der Waals surface area contributed by atoms with Gasteiger partial charge in [-0.15, -0.1) is 0 Å². The van der Waals surface area contributed by atoms with Gasteiger partial charge in [0.25, 0.3) is 0 Å². The summed E-state index contributed by atoms with van der Waals surface area (Å²) in [5.74, 6) is 0. The van der Waals surface area contributed by atoms with E-state index in [1.54, 1.807) is 0 Å². The van der Waals surface area contributed by atoms with E-state index < -0.39 is 0 Å². The minimum absolute atomic E-state index is 0.865. The number of anilines is 1. The molecule has 0 heterocycles. The van der Waals surface area contributed by atoms with E-state index in [1.165, 1.54) is 43.3 Å². The summed E-state index contributed by atoms with van der Waals surface area (Å²) in [6.07, 6.45) is 0. The summed E-state index contributed by atoms with van der Waals surface area (Å²) in [7, 11) is 0. The van der Waals surface area contributed by atoms with Gasteiger partial charge in [0, 0.05) is 11.1 Å². The molecular weight excluding hydrogens is 266 g/mol. The van der Waals surface area contributed by atoms with E-state index in [4.69, 9.17) is 5.73 Å². The Morgan fingerprint density at radius 1 is 0.636 bits per heavy atom. The molecule has 1 nitrogen and oxygen atoms in total. The lowest BCUT2D eigenvalue weighted by atomic mass is 9.87. The Morgan fingerprint density at radius 3 is 2.00 bits per heavy atom. The van der Waals surface area contributed by atoms with E-state index >= 15 is 0 Å². The van der Waals surface area contributed by atoms with Crippen molar-refractivity contribution in [3.63, 3.8) is 0 Å². The summed E-state index contributed by atoms with van der Waals surface area (Å²) in [6.45, 7) is 2.16. The standard InChI is InChI=1S/C21H15N/c1-12-11-18(22)16-9-4-8-15-14-7-2-5-13-6-3-10-17(20(13)14)19(12)21(15)16/h2-11H,22H2,1H3. The Kier molecular flexibility index (Phi) is 2.09. The maximum atomic E-state index is 6.29. The Hall–Kier alpha value is -2.80. The molecule has 0 bridgehead atoms. The molecule has 0 saturated heterocycles. The molecule has 0 saturated carbocycles. The molecule has 2 N–H and O–H groups in total. The first-order valence-electron chi connectivity index (χ1n) is 7.60. The van der Waals surface area contributed by atoms with Crippen LogP contribution in [0.25, 0.3) is 43.1 Å². The summed E-state index contributed by atoms with van der Waals surface area (Å²) >= 11 is 0. The van der Waals surface area contributed by atoms with Gasteiger partial charge in [0.05, 0.1) is 0 Å². The molecule has 1 heteroatoms. The fraction of sp³-hybridized carbons (Fsp3) is 0.0476. The second-order valence-corrected chi connectivity index (χ2v) is 6.10. The molecule has 0 radical (unpaired) electrons. The molecule has 0 spiro atoms. The largest absolute Gasteiger partial charge is 0.398 e. The molecule has 5 aromatic rings. The lowest BCUT2D eigenvalue weighted by molar-refractivity contribution is 1.55. The Balaban J connectivity index is 2.31. The van der Waals surface area contributed by atoms with Crippen LogP contribution in [0.15, 0.2) is 60.7 Å². The first-order valence-corrected chi connectivity index (χ1v) is 7.60. The van der Waals surface area contributed by atoms with Crippen molar-refractivity contribution in [1.82, 2.24) is 0 Å². The van der Waals surface area contributed by atoms with Gasteiger partial charge in [-0.3, -0.25) is 0 Å². The van der Waals surface area contributed by atoms with E-state index in [0.717, 1.165) is 11.1 Å². The van der Waals surface area contributed by atoms with Gasteiger partial charge in [-0.05, 0) is 56.3 Å². The lowest BCUT2D eigenvalue weighted by Gasteiger charge is -2.17. The molecule has 0 fully saturated rings. The zero-order valence-electron chi connectivity index (χ0n) is 12.4. The number of fused-ring (bicyclic) bond motifs is 2. The predicted molar refractivity (Wildman–Crippen MR) is 96.8 cm³/mol. The lowest BCUT2D eigenvalue weighted by Crippen LogP contribution is -1.93. The molecule has 5 aromatic carbocycles. The van der Waals surface area contributed by atoms with Crippen LogP contribution in [0.4, 0.5) is 5.69 Å². The van der Waals surface area contributed by atoms with E-state index in [-0.39, 0.29) is 0 Å². The van der Waals surface area contributed by atoms with E-state index in [2.05, 4.69) is 67.6 Å². The van der Waals surface area contributed by atoms with Crippen LogP contribution in [0.3, 0.4) is 0 Å². The zero-order chi connectivity index (χ0) is 14.8. The van der Waals surface area contributed by atoms with Crippen molar-refractivity contribution in [2.24, 2.45) is 0 Å². The topological polar surface area (TPSA) is 26.0 Å². The first-order chi connectivity index (χ1) is 10.8. The van der Waals surface area contributed by atoms with Crippen molar-refractivity contribution in [3.05, 3.63) is 66.2 Å². The predicted octanol–water partition coefficient (Wildman–Crippen LogP) is 5.63. The second-order valence-electron chi connectivity index (χ2n) is 6.10. The maximum Gasteiger partial charge on any atom is 0.0397 e. The molecule has 0 amide bonds. The van der Waals surface area contributed by atoms with E-state index in [1.807, 2.05) is 0 Å². The number of aryl methyl sites for hydroxylation is 1. The monoisotopic (exact) mass is 281 g/mol. The van der Waals surface area contributed by atoms with Gasteiger partial charge in [-0.25, -0.2) is 0 Å². The van der Waals surface area contributed by atoms with Gasteiger partial charge in [-0.2, -0.15) is 0 Å². The molecule has 0 aliphatic carbocycles. The van der Waals surface area contributed by atoms with Gasteiger partial charge in [0.15, 0.2) is 0 Å². The average Bonchev–Trinajstić information content (AvgIpc) is 2.54. The van der Waals surface area contributed by atoms with Crippen molar-refractivity contribution in [2.45, 2.75) is 6.92 Å². The molecule has 22 heavy (non-hydrogen) atoms. The Bertz CT molecular complexity index is 1180. The minimum Gasteiger partial charge on any atom is -0.398 e. The molecule has 0 aliphatic heterocycles. The van der Waals surface area contributed by atoms with Crippen molar-refractivity contribution in [2.75, 3.05) is 5.73 Å². The third kappa shape index (κ3) is 1.29. The summed E-state index contributed by atoms with van der Waals surface area (Å²) in [5, 5.41) is 10.4. The smallest absolute Gasteiger partial charge is 0.0397 e. The number of benzene rings is 5. The highest BCUT2D eigenvalue weighted by atomic mass is 14.6. The fourth-order valence-electron chi connectivity index (χ4n) is 3.99. The first kappa shape index (κ1) is 11.8. The highest BCUT2D eigenvalue weighted by Gasteiger charge is 2.15. The van der Waals surface area contributed by atoms with E-state index in [0.29, 0.717) is 0 Å². The van der Waals surface area contributed by atoms with Crippen LogP contribution >= 0.6 is 0 Å². The Labute approximate surface area is 128 Å². The summed E-state index contributed by atoms with van der Waals surface area (Å²) in [6, 6.07) is 21.7. The van der Waals surface area contributed by atoms with Crippen LogP contribution < -0.4 is 5.73 Å². The maximum absolute atomic E-state index is 6.29. The molecule has 104 valence electrons. The third-order valence-corrected chi connectivity index (χ3v) is 4.86. The molecule has 0 aliphatic rings.